The first-order valence-corrected chi connectivity index (χ1v) is 9.40. The second-order valence-corrected chi connectivity index (χ2v) is 6.69. The summed E-state index contributed by atoms with van der Waals surface area (Å²) >= 11 is 12.2. The van der Waals surface area contributed by atoms with Crippen molar-refractivity contribution in [3.05, 3.63) is 94.0 Å². The highest BCUT2D eigenvalue weighted by Gasteiger charge is 2.09. The van der Waals surface area contributed by atoms with Gasteiger partial charge in [-0.05, 0) is 36.4 Å². The zero-order chi connectivity index (χ0) is 19.8. The number of ether oxygens (including phenoxy) is 2. The molecule has 0 heterocycles. The minimum absolute atomic E-state index is 0.378. The van der Waals surface area contributed by atoms with Gasteiger partial charge in [-0.3, -0.25) is 0 Å². The maximum Gasteiger partial charge on any atom is 0.126 e. The first-order valence-electron chi connectivity index (χ1n) is 8.64. The van der Waals surface area contributed by atoms with Crippen molar-refractivity contribution in [3.63, 3.8) is 0 Å². The van der Waals surface area contributed by atoms with Gasteiger partial charge in [0.05, 0.1) is 16.7 Å². The number of allylic oxidation sites excluding steroid dienone is 1. The van der Waals surface area contributed by atoms with Crippen molar-refractivity contribution in [2.75, 3.05) is 13.2 Å². The van der Waals surface area contributed by atoms with Crippen LogP contribution in [0.15, 0.2) is 72.8 Å². The summed E-state index contributed by atoms with van der Waals surface area (Å²) in [5.74, 6) is 1.46. The summed E-state index contributed by atoms with van der Waals surface area (Å²) in [5.41, 5.74) is 1.83. The molecule has 3 nitrogen and oxygen atoms in total. The molecule has 0 bridgehead atoms. The molecular weight excluding hydrogens is 393 g/mol. The van der Waals surface area contributed by atoms with Gasteiger partial charge in [-0.2, -0.15) is 5.26 Å². The molecule has 0 unspecified atom stereocenters. The fourth-order valence-electron chi connectivity index (χ4n) is 2.59. The summed E-state index contributed by atoms with van der Waals surface area (Å²) in [6, 6.07) is 24.3. The van der Waals surface area contributed by atoms with Crippen molar-refractivity contribution in [2.24, 2.45) is 0 Å². The lowest BCUT2D eigenvalue weighted by molar-refractivity contribution is 0.217. The molecular formula is C23H17Cl2NO2. The van der Waals surface area contributed by atoms with E-state index in [1.807, 2.05) is 54.6 Å². The lowest BCUT2D eigenvalue weighted by Crippen LogP contribution is -2.09. The van der Waals surface area contributed by atoms with E-state index in [2.05, 4.69) is 6.07 Å². The van der Waals surface area contributed by atoms with Crippen LogP contribution < -0.4 is 9.47 Å². The van der Waals surface area contributed by atoms with E-state index >= 15 is 0 Å². The van der Waals surface area contributed by atoms with Gasteiger partial charge in [0.1, 0.15) is 24.7 Å². The van der Waals surface area contributed by atoms with Gasteiger partial charge in [0.15, 0.2) is 0 Å². The highest BCUT2D eigenvalue weighted by atomic mass is 35.5. The van der Waals surface area contributed by atoms with E-state index < -0.39 is 0 Å². The van der Waals surface area contributed by atoms with Gasteiger partial charge in [-0.25, -0.2) is 0 Å². The standard InChI is InChI=1S/C23H17Cl2NO2/c24-19-10-11-21(22(25)15-19)18(16-26)14-17-6-4-5-9-23(17)28-13-12-27-20-7-2-1-3-8-20/h1-11,14-15H,12-13H2. The van der Waals surface area contributed by atoms with Gasteiger partial charge in [0.2, 0.25) is 0 Å². The Morgan fingerprint density at radius 1 is 0.893 bits per heavy atom. The van der Waals surface area contributed by atoms with Crippen LogP contribution in [0, 0.1) is 11.3 Å². The molecule has 3 rings (SSSR count). The van der Waals surface area contributed by atoms with Gasteiger partial charge in [-0.15, -0.1) is 0 Å². The van der Waals surface area contributed by atoms with Crippen molar-refractivity contribution >= 4 is 34.9 Å². The third-order valence-electron chi connectivity index (χ3n) is 3.91. The van der Waals surface area contributed by atoms with Crippen LogP contribution in [-0.4, -0.2) is 13.2 Å². The van der Waals surface area contributed by atoms with Gasteiger partial charge < -0.3 is 9.47 Å². The van der Waals surface area contributed by atoms with Crippen molar-refractivity contribution in [1.29, 1.82) is 5.26 Å². The summed E-state index contributed by atoms with van der Waals surface area (Å²) in [7, 11) is 0. The van der Waals surface area contributed by atoms with Crippen molar-refractivity contribution in [1.82, 2.24) is 0 Å². The Balaban J connectivity index is 1.73. The highest BCUT2D eigenvalue weighted by Crippen LogP contribution is 2.30. The summed E-state index contributed by atoms with van der Waals surface area (Å²) in [6.07, 6.45) is 1.75. The third-order valence-corrected chi connectivity index (χ3v) is 4.46. The van der Waals surface area contributed by atoms with Gasteiger partial charge in [-0.1, -0.05) is 65.7 Å². The SMILES string of the molecule is N#CC(=Cc1ccccc1OCCOc1ccccc1)c1ccc(Cl)cc1Cl. The summed E-state index contributed by atoms with van der Waals surface area (Å²) in [6.45, 7) is 0.791. The number of hydrogen-bond donors (Lipinski definition) is 0. The monoisotopic (exact) mass is 409 g/mol. The number of para-hydroxylation sites is 2. The number of nitriles is 1. The minimum Gasteiger partial charge on any atom is -0.490 e. The number of benzene rings is 3. The second-order valence-electron chi connectivity index (χ2n) is 5.84. The molecule has 0 amide bonds. The molecule has 0 radical (unpaired) electrons. The van der Waals surface area contributed by atoms with Crippen LogP contribution in [0.1, 0.15) is 11.1 Å². The zero-order valence-electron chi connectivity index (χ0n) is 14.9. The molecule has 0 aliphatic rings. The molecule has 0 spiro atoms. The van der Waals surface area contributed by atoms with E-state index in [-0.39, 0.29) is 0 Å². The smallest absolute Gasteiger partial charge is 0.126 e. The number of halogens is 2. The lowest BCUT2D eigenvalue weighted by Gasteiger charge is -2.11. The Morgan fingerprint density at radius 2 is 1.61 bits per heavy atom. The molecule has 28 heavy (non-hydrogen) atoms. The quantitative estimate of drug-likeness (QED) is 0.253. The molecule has 140 valence electrons. The van der Waals surface area contributed by atoms with Crippen LogP contribution >= 0.6 is 23.2 Å². The first-order chi connectivity index (χ1) is 13.7. The molecule has 0 N–H and O–H groups in total. The Hall–Kier alpha value is -2.93. The molecule has 0 fully saturated rings. The van der Waals surface area contributed by atoms with Gasteiger partial charge in [0.25, 0.3) is 0 Å². The average Bonchev–Trinajstić information content (AvgIpc) is 2.71. The van der Waals surface area contributed by atoms with E-state index in [0.29, 0.717) is 40.1 Å². The summed E-state index contributed by atoms with van der Waals surface area (Å²) in [5, 5.41) is 10.5. The number of hydrogen-bond acceptors (Lipinski definition) is 3. The molecule has 0 saturated carbocycles. The highest BCUT2D eigenvalue weighted by molar-refractivity contribution is 6.36. The Bertz CT molecular complexity index is 1010. The Labute approximate surface area is 174 Å². The van der Waals surface area contributed by atoms with E-state index in [1.165, 1.54) is 0 Å². The maximum absolute atomic E-state index is 9.59. The largest absolute Gasteiger partial charge is 0.490 e. The van der Waals surface area contributed by atoms with E-state index in [9.17, 15) is 5.26 Å². The Morgan fingerprint density at radius 3 is 2.36 bits per heavy atom. The zero-order valence-corrected chi connectivity index (χ0v) is 16.5. The van der Waals surface area contributed by atoms with E-state index in [4.69, 9.17) is 32.7 Å². The normalized spacial score (nSPS) is 11.0. The van der Waals surface area contributed by atoms with Crippen LogP contribution in [0.5, 0.6) is 11.5 Å². The number of nitrogens with zero attached hydrogens (tertiary/aromatic N) is 1. The predicted octanol–water partition coefficient (Wildman–Crippen LogP) is 6.52. The lowest BCUT2D eigenvalue weighted by atomic mass is 10.0. The number of rotatable bonds is 7. The third kappa shape index (κ3) is 5.29. The molecule has 5 heteroatoms. The molecule has 3 aromatic rings. The van der Waals surface area contributed by atoms with Crippen LogP contribution in [0.3, 0.4) is 0 Å². The molecule has 0 aliphatic carbocycles. The maximum atomic E-state index is 9.59. The fraction of sp³-hybridized carbons (Fsp3) is 0.0870. The fourth-order valence-corrected chi connectivity index (χ4v) is 3.10. The van der Waals surface area contributed by atoms with Crippen molar-refractivity contribution in [3.8, 4) is 17.6 Å². The summed E-state index contributed by atoms with van der Waals surface area (Å²) < 4.78 is 11.5. The van der Waals surface area contributed by atoms with Crippen LogP contribution in [-0.2, 0) is 0 Å². The van der Waals surface area contributed by atoms with Crippen molar-refractivity contribution < 1.29 is 9.47 Å². The van der Waals surface area contributed by atoms with E-state index in [1.54, 1.807) is 24.3 Å². The predicted molar refractivity (Wildman–Crippen MR) is 114 cm³/mol. The van der Waals surface area contributed by atoms with Crippen LogP contribution in [0.25, 0.3) is 11.6 Å². The molecule has 0 aliphatic heterocycles. The van der Waals surface area contributed by atoms with Crippen molar-refractivity contribution in [2.45, 2.75) is 0 Å². The van der Waals surface area contributed by atoms with Gasteiger partial charge >= 0.3 is 0 Å². The molecule has 0 aromatic heterocycles. The molecule has 0 atom stereocenters. The van der Waals surface area contributed by atoms with Gasteiger partial charge in [0, 0.05) is 16.1 Å². The Kier molecular flexibility index (Phi) is 6.97. The molecule has 0 saturated heterocycles. The minimum atomic E-state index is 0.378. The van der Waals surface area contributed by atoms with Crippen LogP contribution in [0.2, 0.25) is 10.0 Å². The average molecular weight is 410 g/mol. The first kappa shape index (κ1) is 19.8. The summed E-state index contributed by atoms with van der Waals surface area (Å²) in [4.78, 5) is 0. The van der Waals surface area contributed by atoms with E-state index in [0.717, 1.165) is 11.3 Å². The topological polar surface area (TPSA) is 42.2 Å². The molecule has 3 aromatic carbocycles. The second kappa shape index (κ2) is 9.85. The van der Waals surface area contributed by atoms with Crippen LogP contribution in [0.4, 0.5) is 0 Å².